The molecule has 0 atom stereocenters. The molecule has 1 saturated heterocycles. The Balaban J connectivity index is 1.32. The van der Waals surface area contributed by atoms with Gasteiger partial charge in [0.05, 0.1) is 23.8 Å². The molecule has 0 spiro atoms. The van der Waals surface area contributed by atoms with Crippen LogP contribution >= 0.6 is 0 Å². The minimum absolute atomic E-state index is 0.0189. The molecule has 4 rings (SSSR count). The molecule has 32 heavy (non-hydrogen) atoms. The van der Waals surface area contributed by atoms with Crippen LogP contribution in [0, 0.1) is 13.8 Å². The van der Waals surface area contributed by atoms with Gasteiger partial charge in [0.15, 0.2) is 0 Å². The summed E-state index contributed by atoms with van der Waals surface area (Å²) in [6, 6.07) is 13.1. The monoisotopic (exact) mass is 433 g/mol. The first kappa shape index (κ1) is 21.7. The number of amides is 2. The Morgan fingerprint density at radius 3 is 2.50 bits per heavy atom. The Morgan fingerprint density at radius 2 is 1.72 bits per heavy atom. The summed E-state index contributed by atoms with van der Waals surface area (Å²) < 4.78 is 1.47. The number of piperazine rings is 1. The summed E-state index contributed by atoms with van der Waals surface area (Å²) in [6.45, 7) is 6.53. The van der Waals surface area contributed by atoms with Crippen molar-refractivity contribution in [3.8, 4) is 0 Å². The molecule has 8 heteroatoms. The normalized spacial score (nSPS) is 14.5. The number of benzene rings is 2. The van der Waals surface area contributed by atoms with Crippen LogP contribution in [0.4, 0.5) is 5.69 Å². The average molecular weight is 434 g/mol. The second-order valence-electron chi connectivity index (χ2n) is 8.12. The van der Waals surface area contributed by atoms with E-state index in [1.54, 1.807) is 11.0 Å². The number of nitrogens with one attached hydrogen (secondary N) is 1. The fourth-order valence-corrected chi connectivity index (χ4v) is 3.95. The summed E-state index contributed by atoms with van der Waals surface area (Å²) in [6.07, 6.45) is 1.25. The van der Waals surface area contributed by atoms with Crippen molar-refractivity contribution >= 4 is 28.5 Å². The highest BCUT2D eigenvalue weighted by atomic mass is 16.2. The van der Waals surface area contributed by atoms with Gasteiger partial charge in [-0.15, -0.1) is 0 Å². The summed E-state index contributed by atoms with van der Waals surface area (Å²) in [5, 5.41) is 2.98. The van der Waals surface area contributed by atoms with Crippen molar-refractivity contribution in [2.24, 2.45) is 0 Å². The number of anilines is 1. The maximum absolute atomic E-state index is 12.9. The molecule has 8 nitrogen and oxygen atoms in total. The third kappa shape index (κ3) is 4.70. The summed E-state index contributed by atoms with van der Waals surface area (Å²) >= 11 is 0. The SMILES string of the molecule is Cc1cccc(NC(=O)CN2CCN(C(=O)Cn3c(=O)cnc4ccccc43)CC2)c1C. The molecule has 1 N–H and O–H groups in total. The highest BCUT2D eigenvalue weighted by Gasteiger charge is 2.23. The van der Waals surface area contributed by atoms with Crippen molar-refractivity contribution in [1.82, 2.24) is 19.4 Å². The molecule has 2 amide bonds. The van der Waals surface area contributed by atoms with Crippen LogP contribution in [0.1, 0.15) is 11.1 Å². The first-order chi connectivity index (χ1) is 15.4. The maximum Gasteiger partial charge on any atom is 0.269 e. The minimum atomic E-state index is -0.293. The fraction of sp³-hybridized carbons (Fsp3) is 0.333. The standard InChI is InChI=1S/C24H27N5O3/c1-17-6-5-8-19(18(17)2)26-22(30)15-27-10-12-28(13-11-27)24(32)16-29-21-9-4-3-7-20(21)25-14-23(29)31/h3-9,14H,10-13,15-16H2,1-2H3,(H,26,30). The molecule has 1 aliphatic heterocycles. The first-order valence-electron chi connectivity index (χ1n) is 10.7. The van der Waals surface area contributed by atoms with Crippen LogP contribution in [0.15, 0.2) is 53.5 Å². The quantitative estimate of drug-likeness (QED) is 0.663. The molecule has 2 heterocycles. The van der Waals surface area contributed by atoms with Gasteiger partial charge in [0.25, 0.3) is 5.56 Å². The Labute approximate surface area is 186 Å². The second-order valence-corrected chi connectivity index (χ2v) is 8.12. The molecule has 2 aromatic carbocycles. The van der Waals surface area contributed by atoms with E-state index < -0.39 is 0 Å². The van der Waals surface area contributed by atoms with Crippen LogP contribution in [0.3, 0.4) is 0 Å². The molecule has 1 fully saturated rings. The molecule has 1 aliphatic rings. The summed E-state index contributed by atoms with van der Waals surface area (Å²) in [5.74, 6) is -0.170. The number of fused-ring (bicyclic) bond motifs is 1. The number of aromatic nitrogens is 2. The smallest absolute Gasteiger partial charge is 0.269 e. The lowest BCUT2D eigenvalue weighted by Gasteiger charge is -2.34. The van der Waals surface area contributed by atoms with Crippen molar-refractivity contribution in [3.05, 3.63) is 70.1 Å². The third-order valence-electron chi connectivity index (χ3n) is 6.02. The lowest BCUT2D eigenvalue weighted by atomic mass is 10.1. The molecule has 1 aromatic heterocycles. The zero-order chi connectivity index (χ0) is 22.7. The topological polar surface area (TPSA) is 87.5 Å². The largest absolute Gasteiger partial charge is 0.339 e. The van der Waals surface area contributed by atoms with Crippen LogP contribution < -0.4 is 10.9 Å². The maximum atomic E-state index is 12.9. The van der Waals surface area contributed by atoms with E-state index in [1.807, 2.05) is 55.1 Å². The number of hydrogen-bond acceptors (Lipinski definition) is 5. The number of carbonyl (C=O) groups is 2. The predicted molar refractivity (Wildman–Crippen MR) is 124 cm³/mol. The van der Waals surface area contributed by atoms with E-state index in [0.717, 1.165) is 16.8 Å². The van der Waals surface area contributed by atoms with Gasteiger partial charge in [-0.1, -0.05) is 24.3 Å². The zero-order valence-corrected chi connectivity index (χ0v) is 18.4. The van der Waals surface area contributed by atoms with E-state index in [0.29, 0.717) is 37.2 Å². The van der Waals surface area contributed by atoms with E-state index in [-0.39, 0.29) is 30.5 Å². The Hall–Kier alpha value is -3.52. The lowest BCUT2D eigenvalue weighted by molar-refractivity contribution is -0.133. The van der Waals surface area contributed by atoms with Gasteiger partial charge in [-0.3, -0.25) is 23.9 Å². The number of nitrogens with zero attached hydrogens (tertiary/aromatic N) is 4. The molecular formula is C24H27N5O3. The van der Waals surface area contributed by atoms with Gasteiger partial charge in [-0.05, 0) is 43.2 Å². The summed E-state index contributed by atoms with van der Waals surface area (Å²) in [7, 11) is 0. The molecule has 0 saturated carbocycles. The number of para-hydroxylation sites is 2. The van der Waals surface area contributed by atoms with E-state index in [2.05, 4.69) is 10.3 Å². The number of rotatable bonds is 5. The summed E-state index contributed by atoms with van der Waals surface area (Å²) in [5.41, 5.74) is 4.07. The number of carbonyl (C=O) groups excluding carboxylic acids is 2. The summed E-state index contributed by atoms with van der Waals surface area (Å²) in [4.78, 5) is 45.6. The van der Waals surface area contributed by atoms with E-state index in [1.165, 1.54) is 10.8 Å². The van der Waals surface area contributed by atoms with E-state index >= 15 is 0 Å². The van der Waals surface area contributed by atoms with Gasteiger partial charge in [0, 0.05) is 31.9 Å². The lowest BCUT2D eigenvalue weighted by Crippen LogP contribution is -2.51. The van der Waals surface area contributed by atoms with Crippen LogP contribution in [0.5, 0.6) is 0 Å². The average Bonchev–Trinajstić information content (AvgIpc) is 2.79. The number of hydrogen-bond donors (Lipinski definition) is 1. The van der Waals surface area contributed by atoms with Crippen molar-refractivity contribution in [2.75, 3.05) is 38.0 Å². The molecule has 166 valence electrons. The predicted octanol–water partition coefficient (Wildman–Crippen LogP) is 1.80. The van der Waals surface area contributed by atoms with Gasteiger partial charge in [-0.2, -0.15) is 0 Å². The Kier molecular flexibility index (Phi) is 6.32. The first-order valence-corrected chi connectivity index (χ1v) is 10.7. The zero-order valence-electron chi connectivity index (χ0n) is 18.4. The Bertz CT molecular complexity index is 1210. The van der Waals surface area contributed by atoms with Crippen molar-refractivity contribution in [2.45, 2.75) is 20.4 Å². The second kappa shape index (κ2) is 9.32. The minimum Gasteiger partial charge on any atom is -0.339 e. The van der Waals surface area contributed by atoms with Gasteiger partial charge < -0.3 is 10.2 Å². The molecule has 0 unspecified atom stereocenters. The van der Waals surface area contributed by atoms with Gasteiger partial charge >= 0.3 is 0 Å². The molecule has 0 radical (unpaired) electrons. The van der Waals surface area contributed by atoms with E-state index in [9.17, 15) is 14.4 Å². The highest BCUT2D eigenvalue weighted by Crippen LogP contribution is 2.18. The van der Waals surface area contributed by atoms with Crippen LogP contribution in [-0.2, 0) is 16.1 Å². The fourth-order valence-electron chi connectivity index (χ4n) is 3.95. The molecule has 3 aromatic rings. The van der Waals surface area contributed by atoms with Gasteiger partial charge in [0.2, 0.25) is 11.8 Å². The third-order valence-corrected chi connectivity index (χ3v) is 6.02. The van der Waals surface area contributed by atoms with E-state index in [4.69, 9.17) is 0 Å². The van der Waals surface area contributed by atoms with Crippen LogP contribution in [0.25, 0.3) is 11.0 Å². The molecule has 0 aliphatic carbocycles. The van der Waals surface area contributed by atoms with Crippen molar-refractivity contribution in [3.63, 3.8) is 0 Å². The van der Waals surface area contributed by atoms with Crippen LogP contribution in [0.2, 0.25) is 0 Å². The van der Waals surface area contributed by atoms with Crippen molar-refractivity contribution in [1.29, 1.82) is 0 Å². The molecular weight excluding hydrogens is 406 g/mol. The van der Waals surface area contributed by atoms with Crippen LogP contribution in [-0.4, -0.2) is 63.9 Å². The van der Waals surface area contributed by atoms with Gasteiger partial charge in [-0.25, -0.2) is 4.98 Å². The Morgan fingerprint density at radius 1 is 0.969 bits per heavy atom. The van der Waals surface area contributed by atoms with Gasteiger partial charge in [0.1, 0.15) is 6.54 Å². The number of aryl methyl sites for hydroxylation is 1. The van der Waals surface area contributed by atoms with Crippen molar-refractivity contribution < 1.29 is 9.59 Å². The molecule has 0 bridgehead atoms. The highest BCUT2D eigenvalue weighted by molar-refractivity contribution is 5.93.